The molecule has 1 aliphatic heterocycles. The Bertz CT molecular complexity index is 1040. The number of benzene rings is 2. The highest BCUT2D eigenvalue weighted by Gasteiger charge is 2.25. The maximum Gasteiger partial charge on any atom is 0.255 e. The van der Waals surface area contributed by atoms with Gasteiger partial charge in [-0.05, 0) is 69.0 Å². The molecule has 2 heterocycles. The summed E-state index contributed by atoms with van der Waals surface area (Å²) >= 11 is 0. The normalized spacial score (nSPS) is 15.9. The zero-order valence-corrected chi connectivity index (χ0v) is 17.6. The highest BCUT2D eigenvalue weighted by atomic mass is 19.1. The maximum atomic E-state index is 14.7. The molecule has 0 unspecified atom stereocenters. The van der Waals surface area contributed by atoms with E-state index in [0.29, 0.717) is 34.6 Å². The number of pyridine rings is 1. The van der Waals surface area contributed by atoms with Crippen LogP contribution in [-0.4, -0.2) is 49.0 Å². The van der Waals surface area contributed by atoms with Gasteiger partial charge in [-0.3, -0.25) is 4.79 Å². The van der Waals surface area contributed by atoms with Crippen LogP contribution in [0.15, 0.2) is 66.9 Å². The van der Waals surface area contributed by atoms with Crippen LogP contribution in [-0.2, 0) is 0 Å². The van der Waals surface area contributed by atoms with Gasteiger partial charge in [-0.25, -0.2) is 9.37 Å². The Balaban J connectivity index is 1.39. The summed E-state index contributed by atoms with van der Waals surface area (Å²) in [6.07, 6.45) is 2.65. The van der Waals surface area contributed by atoms with Gasteiger partial charge in [0.2, 0.25) is 5.88 Å². The molecule has 1 atom stereocenters. The zero-order valence-electron chi connectivity index (χ0n) is 17.6. The Hall–Kier alpha value is -3.45. The highest BCUT2D eigenvalue weighted by Crippen LogP contribution is 2.27. The van der Waals surface area contributed by atoms with Gasteiger partial charge in [0, 0.05) is 42.6 Å². The van der Waals surface area contributed by atoms with Crippen molar-refractivity contribution >= 4 is 17.3 Å². The SMILES string of the molecule is CN(C)[C@@H]1CCN(c2ccc(NC(=O)c3ccc(Oc4ccccn4)cc3)cc2F)C1. The molecular weight excluding hydrogens is 395 g/mol. The van der Waals surface area contributed by atoms with Crippen molar-refractivity contribution in [1.29, 1.82) is 0 Å². The largest absolute Gasteiger partial charge is 0.439 e. The Kier molecular flexibility index (Phi) is 6.13. The van der Waals surface area contributed by atoms with Crippen molar-refractivity contribution in [2.24, 2.45) is 0 Å². The van der Waals surface area contributed by atoms with E-state index in [1.54, 1.807) is 54.7 Å². The van der Waals surface area contributed by atoms with Crippen LogP contribution in [0, 0.1) is 5.82 Å². The van der Waals surface area contributed by atoms with Gasteiger partial charge < -0.3 is 19.9 Å². The van der Waals surface area contributed by atoms with Crippen molar-refractivity contribution < 1.29 is 13.9 Å². The number of rotatable bonds is 6. The molecule has 2 aromatic carbocycles. The lowest BCUT2D eigenvalue weighted by atomic mass is 10.2. The van der Waals surface area contributed by atoms with Crippen LogP contribution in [0.5, 0.6) is 11.6 Å². The summed E-state index contributed by atoms with van der Waals surface area (Å²) < 4.78 is 20.3. The van der Waals surface area contributed by atoms with Crippen LogP contribution in [0.25, 0.3) is 0 Å². The minimum atomic E-state index is -0.337. The van der Waals surface area contributed by atoms with E-state index in [0.717, 1.165) is 19.5 Å². The van der Waals surface area contributed by atoms with E-state index in [4.69, 9.17) is 4.74 Å². The van der Waals surface area contributed by atoms with Crippen molar-refractivity contribution in [3.63, 3.8) is 0 Å². The molecule has 31 heavy (non-hydrogen) atoms. The van der Waals surface area contributed by atoms with E-state index in [9.17, 15) is 9.18 Å². The van der Waals surface area contributed by atoms with Crippen molar-refractivity contribution in [3.05, 3.63) is 78.2 Å². The number of anilines is 2. The van der Waals surface area contributed by atoms with Crippen LogP contribution < -0.4 is 15.0 Å². The number of likely N-dealkylation sites (N-methyl/N-ethyl adjacent to an activating group) is 1. The minimum absolute atomic E-state index is 0.314. The average molecular weight is 420 g/mol. The van der Waals surface area contributed by atoms with Crippen LogP contribution in [0.1, 0.15) is 16.8 Å². The molecule has 1 saturated heterocycles. The molecule has 0 spiro atoms. The van der Waals surface area contributed by atoms with Gasteiger partial charge in [-0.1, -0.05) is 6.07 Å². The van der Waals surface area contributed by atoms with E-state index in [-0.39, 0.29) is 11.7 Å². The van der Waals surface area contributed by atoms with Crippen LogP contribution in [0.4, 0.5) is 15.8 Å². The van der Waals surface area contributed by atoms with Gasteiger partial charge in [0.15, 0.2) is 0 Å². The average Bonchev–Trinajstić information content (AvgIpc) is 3.25. The number of ether oxygens (including phenoxy) is 1. The molecule has 1 aromatic heterocycles. The van der Waals surface area contributed by atoms with Crippen molar-refractivity contribution in [2.45, 2.75) is 12.5 Å². The lowest BCUT2D eigenvalue weighted by Crippen LogP contribution is -2.31. The van der Waals surface area contributed by atoms with Crippen LogP contribution in [0.3, 0.4) is 0 Å². The van der Waals surface area contributed by atoms with Crippen molar-refractivity contribution in [2.75, 3.05) is 37.4 Å². The number of amides is 1. The number of hydrogen-bond acceptors (Lipinski definition) is 5. The molecule has 0 saturated carbocycles. The van der Waals surface area contributed by atoms with E-state index in [1.165, 1.54) is 6.07 Å². The van der Waals surface area contributed by atoms with Crippen LogP contribution in [0.2, 0.25) is 0 Å². The molecule has 6 nitrogen and oxygen atoms in total. The van der Waals surface area contributed by atoms with Crippen LogP contribution >= 0.6 is 0 Å². The summed E-state index contributed by atoms with van der Waals surface area (Å²) in [6, 6.07) is 17.3. The van der Waals surface area contributed by atoms with Gasteiger partial charge >= 0.3 is 0 Å². The second-order valence-electron chi connectivity index (χ2n) is 7.77. The fraction of sp³-hybridized carbons (Fsp3) is 0.250. The Labute approximate surface area is 181 Å². The number of nitrogens with one attached hydrogen (secondary N) is 1. The number of aromatic nitrogens is 1. The molecule has 7 heteroatoms. The van der Waals surface area contributed by atoms with Gasteiger partial charge in [0.05, 0.1) is 5.69 Å². The molecule has 1 amide bonds. The summed E-state index contributed by atoms with van der Waals surface area (Å²) in [7, 11) is 4.08. The predicted octanol–water partition coefficient (Wildman–Crippen LogP) is 4.41. The monoisotopic (exact) mass is 420 g/mol. The van der Waals surface area contributed by atoms with Gasteiger partial charge in [0.1, 0.15) is 11.6 Å². The molecule has 3 aromatic rings. The van der Waals surface area contributed by atoms with E-state index < -0.39 is 0 Å². The highest BCUT2D eigenvalue weighted by molar-refractivity contribution is 6.04. The molecule has 0 bridgehead atoms. The first-order valence-electron chi connectivity index (χ1n) is 10.2. The predicted molar refractivity (Wildman–Crippen MR) is 119 cm³/mol. The van der Waals surface area contributed by atoms with Gasteiger partial charge in [-0.2, -0.15) is 0 Å². The molecular formula is C24H25FN4O2. The summed E-state index contributed by atoms with van der Waals surface area (Å²) in [4.78, 5) is 20.9. The Morgan fingerprint density at radius 1 is 1.16 bits per heavy atom. The third-order valence-corrected chi connectivity index (χ3v) is 5.42. The molecule has 0 radical (unpaired) electrons. The quantitative estimate of drug-likeness (QED) is 0.640. The third-order valence-electron chi connectivity index (χ3n) is 5.42. The second-order valence-corrected chi connectivity index (χ2v) is 7.77. The summed E-state index contributed by atoms with van der Waals surface area (Å²) in [5, 5.41) is 2.75. The summed E-state index contributed by atoms with van der Waals surface area (Å²) in [5.41, 5.74) is 1.44. The molecule has 1 N–H and O–H groups in total. The number of carbonyl (C=O) groups is 1. The fourth-order valence-corrected chi connectivity index (χ4v) is 3.63. The van der Waals surface area contributed by atoms with Crippen molar-refractivity contribution in [1.82, 2.24) is 9.88 Å². The van der Waals surface area contributed by atoms with Gasteiger partial charge in [0.25, 0.3) is 5.91 Å². The Morgan fingerprint density at radius 3 is 2.61 bits per heavy atom. The number of nitrogens with zero attached hydrogens (tertiary/aromatic N) is 3. The molecule has 1 fully saturated rings. The molecule has 0 aliphatic carbocycles. The standard InChI is InChI=1S/C24H25FN4O2/c1-28(2)19-12-14-29(16-19)22-11-8-18(15-21(22)25)27-24(30)17-6-9-20(10-7-17)31-23-5-3-4-13-26-23/h3-11,13,15,19H,12,14,16H2,1-2H3,(H,27,30)/t19-/m1/s1. The van der Waals surface area contributed by atoms with E-state index >= 15 is 0 Å². The second kappa shape index (κ2) is 9.14. The first-order valence-corrected chi connectivity index (χ1v) is 10.2. The summed E-state index contributed by atoms with van der Waals surface area (Å²) in [6.45, 7) is 1.61. The zero-order chi connectivity index (χ0) is 21.8. The lowest BCUT2D eigenvalue weighted by molar-refractivity contribution is 0.102. The molecule has 160 valence electrons. The van der Waals surface area contributed by atoms with E-state index in [2.05, 4.69) is 15.2 Å². The fourth-order valence-electron chi connectivity index (χ4n) is 3.63. The lowest BCUT2D eigenvalue weighted by Gasteiger charge is -2.22. The maximum absolute atomic E-state index is 14.7. The smallest absolute Gasteiger partial charge is 0.255 e. The van der Waals surface area contributed by atoms with E-state index in [1.807, 2.05) is 25.1 Å². The minimum Gasteiger partial charge on any atom is -0.439 e. The summed E-state index contributed by atoms with van der Waals surface area (Å²) in [5.74, 6) is 0.402. The first kappa shape index (κ1) is 20.8. The Morgan fingerprint density at radius 2 is 1.97 bits per heavy atom. The molecule has 4 rings (SSSR count). The molecule has 1 aliphatic rings. The van der Waals surface area contributed by atoms with Gasteiger partial charge in [-0.15, -0.1) is 0 Å². The number of halogens is 1. The first-order chi connectivity index (χ1) is 15.0. The van der Waals surface area contributed by atoms with Crippen molar-refractivity contribution in [3.8, 4) is 11.6 Å². The topological polar surface area (TPSA) is 57.7 Å². The third kappa shape index (κ3) is 5.00. The number of carbonyl (C=O) groups excluding carboxylic acids is 1. The number of hydrogen-bond donors (Lipinski definition) is 1.